The maximum absolute atomic E-state index is 12.4. The molecule has 0 aliphatic carbocycles. The van der Waals surface area contributed by atoms with Crippen LogP contribution < -0.4 is 10.6 Å². The number of para-hydroxylation sites is 1. The second-order valence-corrected chi connectivity index (χ2v) is 6.30. The normalized spacial score (nSPS) is 10.1. The van der Waals surface area contributed by atoms with Gasteiger partial charge in [0.25, 0.3) is 11.7 Å². The van der Waals surface area contributed by atoms with Gasteiger partial charge in [0, 0.05) is 17.5 Å². The number of carbonyl (C=O) groups excluding carboxylic acids is 3. The van der Waals surface area contributed by atoms with E-state index in [-0.39, 0.29) is 11.5 Å². The smallest absolute Gasteiger partial charge is 0.296 e. The predicted octanol–water partition coefficient (Wildman–Crippen LogP) is 3.58. The van der Waals surface area contributed by atoms with Gasteiger partial charge in [-0.25, -0.2) is 0 Å². The highest BCUT2D eigenvalue weighted by molar-refractivity contribution is 7.99. The summed E-state index contributed by atoms with van der Waals surface area (Å²) in [6, 6.07) is 13.7. The number of carbonyl (C=O) groups is 3. The zero-order valence-electron chi connectivity index (χ0n) is 13.5. The van der Waals surface area contributed by atoms with Crippen LogP contribution in [0.5, 0.6) is 0 Å². The molecule has 2 aromatic carbocycles. The summed E-state index contributed by atoms with van der Waals surface area (Å²) in [4.78, 5) is 36.8. The minimum absolute atomic E-state index is 0.156. The molecular weight excluding hydrogens is 324 g/mol. The first-order valence-electron chi connectivity index (χ1n) is 7.46. The van der Waals surface area contributed by atoms with Crippen LogP contribution in [-0.4, -0.2) is 23.4 Å². The Morgan fingerprint density at radius 1 is 0.958 bits per heavy atom. The lowest BCUT2D eigenvalue weighted by molar-refractivity contribution is -0.114. The van der Waals surface area contributed by atoms with Gasteiger partial charge in [0.15, 0.2) is 0 Å². The summed E-state index contributed by atoms with van der Waals surface area (Å²) in [5, 5.41) is 5.13. The van der Waals surface area contributed by atoms with Gasteiger partial charge in [0.05, 0.1) is 11.3 Å². The first-order valence-corrected chi connectivity index (χ1v) is 8.45. The van der Waals surface area contributed by atoms with E-state index in [0.717, 1.165) is 10.6 Å². The molecule has 124 valence electrons. The lowest BCUT2D eigenvalue weighted by Gasteiger charge is -2.09. The highest BCUT2D eigenvalue weighted by atomic mass is 32.2. The number of benzene rings is 2. The minimum Gasteiger partial charge on any atom is -0.326 e. The Bertz CT molecular complexity index is 757. The van der Waals surface area contributed by atoms with Gasteiger partial charge in [-0.05, 0) is 42.2 Å². The van der Waals surface area contributed by atoms with Crippen molar-refractivity contribution in [1.29, 1.82) is 0 Å². The fraction of sp³-hybridized carbons (Fsp3) is 0.167. The molecule has 0 aromatic heterocycles. The topological polar surface area (TPSA) is 75.3 Å². The molecule has 0 aliphatic rings. The van der Waals surface area contributed by atoms with Gasteiger partial charge in [0.1, 0.15) is 0 Å². The Balaban J connectivity index is 2.12. The van der Waals surface area contributed by atoms with Crippen LogP contribution in [0.3, 0.4) is 0 Å². The van der Waals surface area contributed by atoms with E-state index < -0.39 is 11.7 Å². The molecule has 0 saturated heterocycles. The first-order chi connectivity index (χ1) is 11.5. The Kier molecular flexibility index (Phi) is 6.14. The summed E-state index contributed by atoms with van der Waals surface area (Å²) in [6.07, 6.45) is 0. The van der Waals surface area contributed by atoms with Gasteiger partial charge < -0.3 is 10.6 Å². The van der Waals surface area contributed by atoms with Crippen LogP contribution in [0.15, 0.2) is 53.4 Å². The molecule has 0 aliphatic heterocycles. The summed E-state index contributed by atoms with van der Waals surface area (Å²) in [5.41, 5.74) is 1.02. The highest BCUT2D eigenvalue weighted by Crippen LogP contribution is 2.20. The number of rotatable bonds is 6. The van der Waals surface area contributed by atoms with Crippen LogP contribution in [0.4, 0.5) is 11.4 Å². The van der Waals surface area contributed by atoms with Crippen molar-refractivity contribution in [2.45, 2.75) is 18.7 Å². The van der Waals surface area contributed by atoms with Gasteiger partial charge in [-0.2, -0.15) is 0 Å². The fourth-order valence-electron chi connectivity index (χ4n) is 2.09. The minimum atomic E-state index is -0.747. The van der Waals surface area contributed by atoms with Crippen LogP contribution >= 0.6 is 11.8 Å². The summed E-state index contributed by atoms with van der Waals surface area (Å²) in [7, 11) is 0. The third kappa shape index (κ3) is 4.70. The summed E-state index contributed by atoms with van der Waals surface area (Å²) < 4.78 is 0. The maximum atomic E-state index is 12.4. The van der Waals surface area contributed by atoms with E-state index in [1.54, 1.807) is 42.1 Å². The van der Waals surface area contributed by atoms with Crippen LogP contribution in [0.25, 0.3) is 0 Å². The number of thioether (sulfide) groups is 1. The molecule has 2 aromatic rings. The molecule has 0 radical (unpaired) electrons. The van der Waals surface area contributed by atoms with E-state index >= 15 is 0 Å². The van der Waals surface area contributed by atoms with E-state index in [9.17, 15) is 14.4 Å². The van der Waals surface area contributed by atoms with Crippen molar-refractivity contribution in [2.75, 3.05) is 16.4 Å². The van der Waals surface area contributed by atoms with Gasteiger partial charge in [-0.15, -0.1) is 11.8 Å². The average Bonchev–Trinajstić information content (AvgIpc) is 2.56. The second kappa shape index (κ2) is 8.31. The molecule has 0 bridgehead atoms. The number of anilines is 2. The number of amides is 2. The summed E-state index contributed by atoms with van der Waals surface area (Å²) in [5.74, 6) is -0.792. The maximum Gasteiger partial charge on any atom is 0.296 e. The number of ketones is 1. The predicted molar refractivity (Wildman–Crippen MR) is 96.5 cm³/mol. The van der Waals surface area contributed by atoms with Gasteiger partial charge in [0.2, 0.25) is 5.91 Å². The van der Waals surface area contributed by atoms with Gasteiger partial charge >= 0.3 is 0 Å². The molecule has 2 rings (SSSR count). The van der Waals surface area contributed by atoms with Crippen molar-refractivity contribution in [3.05, 3.63) is 54.1 Å². The van der Waals surface area contributed by atoms with Crippen molar-refractivity contribution >= 4 is 40.7 Å². The third-order valence-electron chi connectivity index (χ3n) is 3.11. The summed E-state index contributed by atoms with van der Waals surface area (Å²) >= 11 is 1.69. The Hall–Kier alpha value is -2.60. The Morgan fingerprint density at radius 2 is 1.62 bits per heavy atom. The Labute approximate surface area is 144 Å². The van der Waals surface area contributed by atoms with Crippen molar-refractivity contribution in [2.24, 2.45) is 0 Å². The van der Waals surface area contributed by atoms with E-state index in [4.69, 9.17) is 0 Å². The molecule has 5 nitrogen and oxygen atoms in total. The van der Waals surface area contributed by atoms with Crippen molar-refractivity contribution in [3.63, 3.8) is 0 Å². The van der Waals surface area contributed by atoms with Crippen molar-refractivity contribution < 1.29 is 14.4 Å². The first kappa shape index (κ1) is 17.7. The monoisotopic (exact) mass is 342 g/mol. The number of hydrogen-bond donors (Lipinski definition) is 2. The van der Waals surface area contributed by atoms with Crippen molar-refractivity contribution in [1.82, 2.24) is 0 Å². The van der Waals surface area contributed by atoms with E-state index in [0.29, 0.717) is 11.4 Å². The van der Waals surface area contributed by atoms with E-state index in [1.165, 1.54) is 13.0 Å². The second-order valence-electron chi connectivity index (χ2n) is 4.97. The molecule has 0 fully saturated rings. The van der Waals surface area contributed by atoms with Gasteiger partial charge in [-0.3, -0.25) is 14.4 Å². The fourth-order valence-corrected chi connectivity index (χ4v) is 2.75. The highest BCUT2D eigenvalue weighted by Gasteiger charge is 2.20. The molecule has 24 heavy (non-hydrogen) atoms. The summed E-state index contributed by atoms with van der Waals surface area (Å²) in [6.45, 7) is 3.41. The zero-order valence-corrected chi connectivity index (χ0v) is 14.3. The number of hydrogen-bond acceptors (Lipinski definition) is 4. The molecule has 0 unspecified atom stereocenters. The lowest BCUT2D eigenvalue weighted by Crippen LogP contribution is -2.24. The van der Waals surface area contributed by atoms with Gasteiger partial charge in [-0.1, -0.05) is 19.1 Å². The molecule has 2 amide bonds. The third-order valence-corrected chi connectivity index (χ3v) is 4.01. The molecule has 0 saturated carbocycles. The number of Topliss-reactive ketones (excluding diaryl/α,β-unsaturated/α-hetero) is 1. The average molecular weight is 342 g/mol. The lowest BCUT2D eigenvalue weighted by atomic mass is 10.1. The van der Waals surface area contributed by atoms with Crippen LogP contribution in [0.2, 0.25) is 0 Å². The van der Waals surface area contributed by atoms with E-state index in [2.05, 4.69) is 17.6 Å². The molecular formula is C18H18N2O3S. The number of nitrogens with one attached hydrogen (secondary N) is 2. The quantitative estimate of drug-likeness (QED) is 0.478. The largest absolute Gasteiger partial charge is 0.326 e. The SMILES string of the molecule is CCSc1ccc(NC(=O)C(=O)c2ccccc2NC(C)=O)cc1. The van der Waals surface area contributed by atoms with Crippen molar-refractivity contribution in [3.8, 4) is 0 Å². The van der Waals surface area contributed by atoms with E-state index in [1.807, 2.05) is 12.1 Å². The van der Waals surface area contributed by atoms with Crippen LogP contribution in [0, 0.1) is 0 Å². The zero-order chi connectivity index (χ0) is 17.5. The van der Waals surface area contributed by atoms with Crippen LogP contribution in [-0.2, 0) is 9.59 Å². The Morgan fingerprint density at radius 3 is 2.25 bits per heavy atom. The molecule has 0 spiro atoms. The molecule has 6 heteroatoms. The molecule has 2 N–H and O–H groups in total. The van der Waals surface area contributed by atoms with Crippen LogP contribution in [0.1, 0.15) is 24.2 Å². The molecule has 0 atom stereocenters. The standard InChI is InChI=1S/C18H18N2O3S/c1-3-24-14-10-8-13(9-11-14)20-18(23)17(22)15-6-4-5-7-16(15)19-12(2)21/h4-11H,3H2,1-2H3,(H,19,21)(H,20,23). The molecule has 0 heterocycles.